The summed E-state index contributed by atoms with van der Waals surface area (Å²) in [5.41, 5.74) is 2.27. The maximum Gasteiger partial charge on any atom is 0.254 e. The van der Waals surface area contributed by atoms with E-state index in [-0.39, 0.29) is 36.1 Å². The number of ether oxygens (including phenoxy) is 1. The van der Waals surface area contributed by atoms with Crippen LogP contribution in [0, 0.1) is 0 Å². The number of benzene rings is 2. The highest BCUT2D eigenvalue weighted by Gasteiger charge is 2.32. The number of halogens is 1. The van der Waals surface area contributed by atoms with Crippen molar-refractivity contribution in [1.82, 2.24) is 14.4 Å². The van der Waals surface area contributed by atoms with Crippen molar-refractivity contribution in [2.45, 2.75) is 31.9 Å². The van der Waals surface area contributed by atoms with Crippen LogP contribution in [0.5, 0.6) is 0 Å². The molecule has 1 fully saturated rings. The molecule has 0 unspecified atom stereocenters. The molecule has 7 nitrogen and oxygen atoms in total. The number of rotatable bonds is 8. The maximum absolute atomic E-state index is 13.8. The molecule has 2 heterocycles. The second-order valence-electron chi connectivity index (χ2n) is 9.80. The number of piperidine rings is 1. The minimum absolute atomic E-state index is 0.00658. The molecule has 194 valence electrons. The molecule has 1 aliphatic rings. The quantitative estimate of drug-likeness (QED) is 0.416. The lowest BCUT2D eigenvalue weighted by molar-refractivity contribution is -0.0379. The van der Waals surface area contributed by atoms with Crippen LogP contribution < -0.4 is 0 Å². The molecule has 4 rings (SSSR count). The Kier molecular flexibility index (Phi) is 7.88. The molecule has 0 N–H and O–H groups in total. The molecule has 0 bridgehead atoms. The van der Waals surface area contributed by atoms with E-state index in [1.807, 2.05) is 33.9 Å². The standard InChI is InChI=1S/C29H32FN3O4/c1-29(37-3)11-14-32(15-12-29)27(35)23-8-9-26-22(16-23)10-13-33(26)19-21(17-30)18-31(2)28(36)25-7-5-4-6-24(25)20-34/h4-10,13,16-17,20H,11-12,14-15,18-19H2,1-3H3/b21-17+. The fraction of sp³-hybridized carbons (Fsp3) is 0.345. The zero-order valence-electron chi connectivity index (χ0n) is 21.4. The van der Waals surface area contributed by atoms with Gasteiger partial charge in [-0.05, 0) is 55.7 Å². The third kappa shape index (κ3) is 5.64. The smallest absolute Gasteiger partial charge is 0.254 e. The molecule has 0 atom stereocenters. The number of aromatic nitrogens is 1. The maximum atomic E-state index is 13.8. The zero-order chi connectivity index (χ0) is 26.6. The topological polar surface area (TPSA) is 71.8 Å². The Morgan fingerprint density at radius 2 is 1.86 bits per heavy atom. The van der Waals surface area contributed by atoms with Gasteiger partial charge in [0, 0.05) is 68.6 Å². The molecular formula is C29H32FN3O4. The van der Waals surface area contributed by atoms with Crippen molar-refractivity contribution in [3.8, 4) is 0 Å². The predicted octanol–water partition coefficient (Wildman–Crippen LogP) is 4.72. The molecule has 2 aromatic carbocycles. The lowest BCUT2D eigenvalue weighted by Gasteiger charge is -2.38. The Labute approximate surface area is 216 Å². The van der Waals surface area contributed by atoms with Gasteiger partial charge >= 0.3 is 0 Å². The summed E-state index contributed by atoms with van der Waals surface area (Å²) in [5, 5.41) is 0.882. The summed E-state index contributed by atoms with van der Waals surface area (Å²) in [4.78, 5) is 40.5. The van der Waals surface area contributed by atoms with Crippen molar-refractivity contribution in [3.05, 3.63) is 83.3 Å². The summed E-state index contributed by atoms with van der Waals surface area (Å²) in [6, 6.07) is 14.0. The minimum atomic E-state index is -0.355. The summed E-state index contributed by atoms with van der Waals surface area (Å²) in [7, 11) is 3.29. The van der Waals surface area contributed by atoms with Crippen molar-refractivity contribution < 1.29 is 23.5 Å². The fourth-order valence-corrected chi connectivity index (χ4v) is 4.75. The first-order valence-electron chi connectivity index (χ1n) is 12.3. The highest BCUT2D eigenvalue weighted by molar-refractivity contribution is 6.01. The molecule has 0 aliphatic carbocycles. The van der Waals surface area contributed by atoms with Crippen molar-refractivity contribution in [2.24, 2.45) is 0 Å². The Morgan fingerprint density at radius 3 is 2.54 bits per heavy atom. The van der Waals surface area contributed by atoms with Gasteiger partial charge in [0.05, 0.1) is 17.5 Å². The van der Waals surface area contributed by atoms with Gasteiger partial charge in [-0.1, -0.05) is 18.2 Å². The van der Waals surface area contributed by atoms with Gasteiger partial charge in [-0.25, -0.2) is 4.39 Å². The number of carbonyl (C=O) groups is 3. The molecule has 1 aliphatic heterocycles. The number of carbonyl (C=O) groups excluding carboxylic acids is 3. The van der Waals surface area contributed by atoms with E-state index in [1.165, 1.54) is 4.90 Å². The average Bonchev–Trinajstić information content (AvgIpc) is 3.33. The fourth-order valence-electron chi connectivity index (χ4n) is 4.75. The van der Waals surface area contributed by atoms with Gasteiger partial charge < -0.3 is 19.1 Å². The molecule has 0 saturated carbocycles. The van der Waals surface area contributed by atoms with Gasteiger partial charge in [0.25, 0.3) is 11.8 Å². The molecule has 3 aromatic rings. The summed E-state index contributed by atoms with van der Waals surface area (Å²) >= 11 is 0. The highest BCUT2D eigenvalue weighted by atomic mass is 19.1. The van der Waals surface area contributed by atoms with Crippen LogP contribution in [-0.2, 0) is 11.3 Å². The van der Waals surface area contributed by atoms with Gasteiger partial charge in [0.15, 0.2) is 6.29 Å². The van der Waals surface area contributed by atoms with E-state index in [0.717, 1.165) is 23.7 Å². The van der Waals surface area contributed by atoms with Crippen LogP contribution in [0.3, 0.4) is 0 Å². The van der Waals surface area contributed by atoms with Crippen LogP contribution in [-0.4, -0.2) is 71.9 Å². The van der Waals surface area contributed by atoms with E-state index in [9.17, 15) is 18.8 Å². The number of fused-ring (bicyclic) bond motifs is 1. The summed E-state index contributed by atoms with van der Waals surface area (Å²) in [6.45, 7) is 3.67. The number of nitrogens with zero attached hydrogens (tertiary/aromatic N) is 3. The molecule has 8 heteroatoms. The first-order valence-corrected chi connectivity index (χ1v) is 12.3. The first-order chi connectivity index (χ1) is 17.8. The SMILES string of the molecule is COC1(C)CCN(C(=O)c2ccc3c(ccn3C/C(=C/F)CN(C)C(=O)c3ccccc3C=O)c2)CC1. The van der Waals surface area contributed by atoms with Crippen molar-refractivity contribution in [2.75, 3.05) is 33.8 Å². The number of amides is 2. The average molecular weight is 506 g/mol. The second kappa shape index (κ2) is 11.1. The van der Waals surface area contributed by atoms with Gasteiger partial charge in [-0.3, -0.25) is 14.4 Å². The lowest BCUT2D eigenvalue weighted by atomic mass is 9.93. The van der Waals surface area contributed by atoms with Crippen molar-refractivity contribution >= 4 is 29.0 Å². The number of likely N-dealkylation sites (N-methyl/N-ethyl adjacent to an activating group) is 1. The van der Waals surface area contributed by atoms with E-state index in [1.54, 1.807) is 44.5 Å². The normalized spacial score (nSPS) is 15.6. The minimum Gasteiger partial charge on any atom is -0.378 e. The van der Waals surface area contributed by atoms with E-state index >= 15 is 0 Å². The number of hydrogen-bond donors (Lipinski definition) is 0. The molecular weight excluding hydrogens is 473 g/mol. The Hall–Kier alpha value is -3.78. The van der Waals surface area contributed by atoms with Gasteiger partial charge in [0.1, 0.15) is 0 Å². The van der Waals surface area contributed by atoms with E-state index < -0.39 is 0 Å². The van der Waals surface area contributed by atoms with Crippen molar-refractivity contribution in [3.63, 3.8) is 0 Å². The van der Waals surface area contributed by atoms with E-state index in [0.29, 0.717) is 42.4 Å². The number of hydrogen-bond acceptors (Lipinski definition) is 4. The third-order valence-corrected chi connectivity index (χ3v) is 7.25. The van der Waals surface area contributed by atoms with Gasteiger partial charge in [0.2, 0.25) is 0 Å². The Bertz CT molecular complexity index is 1340. The van der Waals surface area contributed by atoms with Crippen LogP contribution in [0.4, 0.5) is 4.39 Å². The second-order valence-corrected chi connectivity index (χ2v) is 9.80. The van der Waals surface area contributed by atoms with Crippen LogP contribution in [0.25, 0.3) is 10.9 Å². The predicted molar refractivity (Wildman–Crippen MR) is 140 cm³/mol. The number of aldehydes is 1. The van der Waals surface area contributed by atoms with Crippen LogP contribution in [0.15, 0.2) is 66.6 Å². The molecule has 0 radical (unpaired) electrons. The molecule has 0 spiro atoms. The third-order valence-electron chi connectivity index (χ3n) is 7.25. The monoisotopic (exact) mass is 505 g/mol. The molecule has 1 aromatic heterocycles. The Morgan fingerprint density at radius 1 is 1.14 bits per heavy atom. The van der Waals surface area contributed by atoms with Crippen LogP contribution in [0.1, 0.15) is 50.8 Å². The molecule has 1 saturated heterocycles. The molecule has 37 heavy (non-hydrogen) atoms. The summed E-state index contributed by atoms with van der Waals surface area (Å²) in [5.74, 6) is -0.362. The molecule has 2 amide bonds. The first kappa shape index (κ1) is 26.3. The largest absolute Gasteiger partial charge is 0.378 e. The Balaban J connectivity index is 1.44. The van der Waals surface area contributed by atoms with E-state index in [4.69, 9.17) is 4.74 Å². The van der Waals surface area contributed by atoms with Gasteiger partial charge in [-0.15, -0.1) is 0 Å². The zero-order valence-corrected chi connectivity index (χ0v) is 21.4. The van der Waals surface area contributed by atoms with Crippen LogP contribution in [0.2, 0.25) is 0 Å². The lowest BCUT2D eigenvalue weighted by Crippen LogP contribution is -2.46. The van der Waals surface area contributed by atoms with Crippen molar-refractivity contribution in [1.29, 1.82) is 0 Å². The highest BCUT2D eigenvalue weighted by Crippen LogP contribution is 2.27. The van der Waals surface area contributed by atoms with E-state index in [2.05, 4.69) is 6.92 Å². The number of likely N-dealkylation sites (tertiary alicyclic amines) is 1. The summed E-state index contributed by atoms with van der Waals surface area (Å²) in [6.07, 6.45) is 4.59. The summed E-state index contributed by atoms with van der Waals surface area (Å²) < 4.78 is 21.3. The van der Waals surface area contributed by atoms with Crippen LogP contribution >= 0.6 is 0 Å². The number of methoxy groups -OCH3 is 1. The van der Waals surface area contributed by atoms with Gasteiger partial charge in [-0.2, -0.15) is 0 Å².